The fourth-order valence-corrected chi connectivity index (χ4v) is 1.95. The summed E-state index contributed by atoms with van der Waals surface area (Å²) in [7, 11) is 1.42. The monoisotopic (exact) mass is 274 g/mol. The van der Waals surface area contributed by atoms with Crippen molar-refractivity contribution in [1.82, 2.24) is 10.6 Å². The van der Waals surface area contributed by atoms with E-state index in [9.17, 15) is 9.59 Å². The zero-order valence-electron chi connectivity index (χ0n) is 11.4. The van der Waals surface area contributed by atoms with Crippen LogP contribution in [-0.4, -0.2) is 55.6 Å². The highest BCUT2D eigenvalue weighted by molar-refractivity contribution is 5.74. The number of ether oxygens (including phenoxy) is 2. The van der Waals surface area contributed by atoms with Gasteiger partial charge in [0, 0.05) is 26.8 Å². The minimum Gasteiger partial charge on any atom is -0.481 e. The molecule has 1 heterocycles. The van der Waals surface area contributed by atoms with Crippen molar-refractivity contribution in [2.45, 2.75) is 37.9 Å². The van der Waals surface area contributed by atoms with E-state index in [1.54, 1.807) is 0 Å². The van der Waals surface area contributed by atoms with Crippen LogP contribution in [0.4, 0.5) is 4.79 Å². The third kappa shape index (κ3) is 5.89. The molecule has 2 amide bonds. The predicted molar refractivity (Wildman–Crippen MR) is 68.0 cm³/mol. The van der Waals surface area contributed by atoms with Crippen molar-refractivity contribution in [1.29, 1.82) is 0 Å². The van der Waals surface area contributed by atoms with Crippen LogP contribution in [0, 0.1) is 0 Å². The summed E-state index contributed by atoms with van der Waals surface area (Å²) in [6.07, 6.45) is 1.26. The van der Waals surface area contributed by atoms with Gasteiger partial charge in [-0.15, -0.1) is 0 Å². The molecule has 3 N–H and O–H groups in total. The van der Waals surface area contributed by atoms with Gasteiger partial charge in [0.25, 0.3) is 0 Å². The number of hydrogen-bond acceptors (Lipinski definition) is 4. The summed E-state index contributed by atoms with van der Waals surface area (Å²) in [4.78, 5) is 22.1. The lowest BCUT2D eigenvalue weighted by molar-refractivity contribution is -0.139. The molecule has 19 heavy (non-hydrogen) atoms. The lowest BCUT2D eigenvalue weighted by atomic mass is 10.0. The Morgan fingerprint density at radius 1 is 1.47 bits per heavy atom. The van der Waals surface area contributed by atoms with Gasteiger partial charge >= 0.3 is 12.0 Å². The van der Waals surface area contributed by atoms with Crippen LogP contribution >= 0.6 is 0 Å². The molecule has 0 aliphatic carbocycles. The van der Waals surface area contributed by atoms with Gasteiger partial charge in [-0.05, 0) is 19.8 Å². The Balaban J connectivity index is 2.21. The van der Waals surface area contributed by atoms with Crippen LogP contribution in [0.2, 0.25) is 0 Å². The molecule has 1 aliphatic rings. The molecule has 0 spiro atoms. The van der Waals surface area contributed by atoms with Crippen molar-refractivity contribution in [2.24, 2.45) is 0 Å². The standard InChI is InChI=1S/C12H22N2O5/c1-12(4-3-5-19-12)8-14-11(17)13-7-9(18-2)6-10(15)16/h9H,3-8H2,1-2H3,(H,15,16)(H2,13,14,17). The average molecular weight is 274 g/mol. The highest BCUT2D eigenvalue weighted by atomic mass is 16.5. The average Bonchev–Trinajstić information content (AvgIpc) is 2.79. The minimum absolute atomic E-state index is 0.141. The number of carboxylic acids is 1. The summed E-state index contributed by atoms with van der Waals surface area (Å²) >= 11 is 0. The predicted octanol–water partition coefficient (Wildman–Crippen LogP) is 0.344. The molecule has 0 radical (unpaired) electrons. The van der Waals surface area contributed by atoms with Crippen molar-refractivity contribution in [3.63, 3.8) is 0 Å². The Bertz CT molecular complexity index is 315. The molecule has 1 aliphatic heterocycles. The van der Waals surface area contributed by atoms with Gasteiger partial charge in [-0.2, -0.15) is 0 Å². The van der Waals surface area contributed by atoms with Gasteiger partial charge in [0.1, 0.15) is 0 Å². The smallest absolute Gasteiger partial charge is 0.314 e. The van der Waals surface area contributed by atoms with Gasteiger partial charge in [0.05, 0.1) is 18.1 Å². The van der Waals surface area contributed by atoms with Crippen LogP contribution in [-0.2, 0) is 14.3 Å². The molecule has 110 valence electrons. The molecule has 0 bridgehead atoms. The van der Waals surface area contributed by atoms with E-state index in [-0.39, 0.29) is 24.6 Å². The van der Waals surface area contributed by atoms with E-state index >= 15 is 0 Å². The van der Waals surface area contributed by atoms with Crippen LogP contribution in [0.25, 0.3) is 0 Å². The summed E-state index contributed by atoms with van der Waals surface area (Å²) in [5, 5.41) is 13.9. The van der Waals surface area contributed by atoms with Gasteiger partial charge in [-0.25, -0.2) is 4.79 Å². The van der Waals surface area contributed by atoms with Gasteiger partial charge in [-0.3, -0.25) is 4.79 Å². The Morgan fingerprint density at radius 2 is 2.21 bits per heavy atom. The number of aliphatic carboxylic acids is 1. The fraction of sp³-hybridized carbons (Fsp3) is 0.833. The highest BCUT2D eigenvalue weighted by Crippen LogP contribution is 2.23. The van der Waals surface area contributed by atoms with E-state index < -0.39 is 12.1 Å². The molecular formula is C12H22N2O5. The summed E-state index contributed by atoms with van der Waals surface area (Å²) in [5.41, 5.74) is -0.293. The van der Waals surface area contributed by atoms with Crippen LogP contribution in [0.15, 0.2) is 0 Å². The summed E-state index contributed by atoms with van der Waals surface area (Å²) < 4.78 is 10.5. The summed E-state index contributed by atoms with van der Waals surface area (Å²) in [6, 6.07) is -0.343. The van der Waals surface area contributed by atoms with Gasteiger partial charge in [-0.1, -0.05) is 0 Å². The van der Waals surface area contributed by atoms with E-state index in [0.29, 0.717) is 6.54 Å². The molecule has 0 aromatic carbocycles. The largest absolute Gasteiger partial charge is 0.481 e. The lowest BCUT2D eigenvalue weighted by Crippen LogP contribution is -2.46. The number of hydrogen-bond donors (Lipinski definition) is 3. The molecule has 0 saturated carbocycles. The third-order valence-electron chi connectivity index (χ3n) is 3.15. The number of urea groups is 1. The third-order valence-corrected chi connectivity index (χ3v) is 3.15. The van der Waals surface area contributed by atoms with E-state index in [1.807, 2.05) is 6.92 Å². The molecule has 7 heteroatoms. The number of methoxy groups -OCH3 is 1. The number of carbonyl (C=O) groups is 2. The zero-order chi connectivity index (χ0) is 14.3. The Hall–Kier alpha value is -1.34. The quantitative estimate of drug-likeness (QED) is 0.622. The van der Waals surface area contributed by atoms with Crippen molar-refractivity contribution in [3.8, 4) is 0 Å². The molecule has 1 rings (SSSR count). The lowest BCUT2D eigenvalue weighted by Gasteiger charge is -2.23. The van der Waals surface area contributed by atoms with E-state index in [0.717, 1.165) is 19.4 Å². The maximum absolute atomic E-state index is 11.6. The van der Waals surface area contributed by atoms with E-state index in [1.165, 1.54) is 7.11 Å². The summed E-state index contributed by atoms with van der Waals surface area (Å²) in [6.45, 7) is 3.29. The number of amides is 2. The Labute approximate surface area is 112 Å². The van der Waals surface area contributed by atoms with Crippen LogP contribution in [0.1, 0.15) is 26.2 Å². The molecular weight excluding hydrogens is 252 g/mol. The molecule has 0 aromatic rings. The van der Waals surface area contributed by atoms with E-state index in [4.69, 9.17) is 14.6 Å². The highest BCUT2D eigenvalue weighted by Gasteiger charge is 2.30. The normalized spacial score (nSPS) is 23.9. The maximum atomic E-state index is 11.6. The van der Waals surface area contributed by atoms with Crippen molar-refractivity contribution in [3.05, 3.63) is 0 Å². The number of carboxylic acid groups (broad SMARTS) is 1. The fourth-order valence-electron chi connectivity index (χ4n) is 1.95. The number of carbonyl (C=O) groups excluding carboxylic acids is 1. The SMILES string of the molecule is COC(CNC(=O)NCC1(C)CCCO1)CC(=O)O. The molecule has 0 aromatic heterocycles. The molecule has 1 fully saturated rings. The first-order valence-corrected chi connectivity index (χ1v) is 6.35. The van der Waals surface area contributed by atoms with Gasteiger partial charge in [0.15, 0.2) is 0 Å². The first kappa shape index (κ1) is 15.7. The summed E-state index contributed by atoms with van der Waals surface area (Å²) in [5.74, 6) is -0.957. The minimum atomic E-state index is -0.957. The maximum Gasteiger partial charge on any atom is 0.314 e. The molecule has 2 unspecified atom stereocenters. The Kier molecular flexibility index (Phi) is 6.04. The second kappa shape index (κ2) is 7.30. The van der Waals surface area contributed by atoms with Crippen LogP contribution in [0.5, 0.6) is 0 Å². The first-order valence-electron chi connectivity index (χ1n) is 6.35. The van der Waals surface area contributed by atoms with E-state index in [2.05, 4.69) is 10.6 Å². The van der Waals surface area contributed by atoms with Crippen molar-refractivity contribution < 1.29 is 24.2 Å². The second-order valence-corrected chi connectivity index (χ2v) is 4.92. The molecule has 7 nitrogen and oxygen atoms in total. The van der Waals surface area contributed by atoms with Crippen LogP contribution in [0.3, 0.4) is 0 Å². The topological polar surface area (TPSA) is 96.9 Å². The number of nitrogens with one attached hydrogen (secondary N) is 2. The van der Waals surface area contributed by atoms with Crippen LogP contribution < -0.4 is 10.6 Å². The van der Waals surface area contributed by atoms with Gasteiger partial charge < -0.3 is 25.2 Å². The molecule has 2 atom stereocenters. The second-order valence-electron chi connectivity index (χ2n) is 4.92. The zero-order valence-corrected chi connectivity index (χ0v) is 11.4. The van der Waals surface area contributed by atoms with Crippen molar-refractivity contribution in [2.75, 3.05) is 26.8 Å². The first-order chi connectivity index (χ1) is 8.95. The van der Waals surface area contributed by atoms with Crippen molar-refractivity contribution >= 4 is 12.0 Å². The van der Waals surface area contributed by atoms with Gasteiger partial charge in [0.2, 0.25) is 0 Å². The Morgan fingerprint density at radius 3 is 2.74 bits per heavy atom. The molecule has 1 saturated heterocycles. The number of rotatable bonds is 7.